The van der Waals surface area contributed by atoms with Gasteiger partial charge in [-0.1, -0.05) is 0 Å². The van der Waals surface area contributed by atoms with Gasteiger partial charge in [-0.2, -0.15) is 4.37 Å². The topological polar surface area (TPSA) is 73.9 Å². The molecule has 90 valence electrons. The Morgan fingerprint density at radius 3 is 3.00 bits per heavy atom. The lowest BCUT2D eigenvalue weighted by molar-refractivity contribution is 0.181. The molecule has 0 radical (unpaired) electrons. The van der Waals surface area contributed by atoms with E-state index in [9.17, 15) is 0 Å². The van der Waals surface area contributed by atoms with E-state index in [0.29, 0.717) is 12.4 Å². The van der Waals surface area contributed by atoms with Gasteiger partial charge in [0, 0.05) is 18.9 Å². The minimum absolute atomic E-state index is 0.0819. The van der Waals surface area contributed by atoms with Crippen LogP contribution in [0.4, 0.5) is 0 Å². The van der Waals surface area contributed by atoms with Gasteiger partial charge in [-0.15, -0.1) is 0 Å². The molecule has 2 rings (SSSR count). The molecule has 2 heterocycles. The summed E-state index contributed by atoms with van der Waals surface area (Å²) in [4.78, 5) is 8.59. The van der Waals surface area contributed by atoms with Crippen molar-refractivity contribution in [3.63, 3.8) is 0 Å². The van der Waals surface area contributed by atoms with Crippen molar-refractivity contribution in [2.24, 2.45) is 5.73 Å². The molecule has 17 heavy (non-hydrogen) atoms. The highest BCUT2D eigenvalue weighted by atomic mass is 32.1. The average molecular weight is 250 g/mol. The number of hydrogen-bond donors (Lipinski definition) is 1. The Morgan fingerprint density at radius 2 is 2.35 bits per heavy atom. The predicted octanol–water partition coefficient (Wildman–Crippen LogP) is 1.77. The number of methoxy groups -OCH3 is 1. The minimum atomic E-state index is -0.0819. The number of aromatic nitrogens is 3. The first kappa shape index (κ1) is 12.1. The smallest absolute Gasteiger partial charge is 0.173 e. The molecule has 0 spiro atoms. The highest BCUT2D eigenvalue weighted by molar-refractivity contribution is 7.05. The number of hydrogen-bond acceptors (Lipinski definition) is 6. The lowest BCUT2D eigenvalue weighted by Gasteiger charge is -2.00. The largest absolute Gasteiger partial charge is 0.378 e. The maximum atomic E-state index is 5.76. The predicted molar refractivity (Wildman–Crippen MR) is 66.5 cm³/mol. The lowest BCUT2D eigenvalue weighted by Crippen LogP contribution is -2.03. The van der Waals surface area contributed by atoms with Gasteiger partial charge in [0.1, 0.15) is 5.01 Å². The van der Waals surface area contributed by atoms with Crippen molar-refractivity contribution in [2.45, 2.75) is 19.6 Å². The molecule has 0 saturated carbocycles. The zero-order valence-corrected chi connectivity index (χ0v) is 10.6. The Bertz CT molecular complexity index is 498. The van der Waals surface area contributed by atoms with Crippen molar-refractivity contribution in [3.05, 3.63) is 29.0 Å². The number of ether oxygens (including phenoxy) is 1. The fraction of sp³-hybridized carbons (Fsp3) is 0.364. The van der Waals surface area contributed by atoms with Crippen LogP contribution in [0, 0.1) is 0 Å². The van der Waals surface area contributed by atoms with Crippen molar-refractivity contribution < 1.29 is 4.74 Å². The maximum Gasteiger partial charge on any atom is 0.173 e. The molecule has 0 saturated heterocycles. The molecule has 0 fully saturated rings. The van der Waals surface area contributed by atoms with E-state index in [1.165, 1.54) is 11.5 Å². The monoisotopic (exact) mass is 250 g/mol. The third-order valence-electron chi connectivity index (χ3n) is 2.20. The van der Waals surface area contributed by atoms with Crippen molar-refractivity contribution in [1.29, 1.82) is 0 Å². The number of pyridine rings is 1. The summed E-state index contributed by atoms with van der Waals surface area (Å²) in [5, 5.41) is 0.838. The van der Waals surface area contributed by atoms with Crippen molar-refractivity contribution in [3.8, 4) is 11.4 Å². The standard InChI is InChI=1S/C11H14N4OS/c1-7(12)11-14-10(15-17-11)8-3-4-13-9(5-8)6-16-2/h3-5,7H,6,12H2,1-2H3/t7-/m1/s1. The summed E-state index contributed by atoms with van der Waals surface area (Å²) in [6.45, 7) is 2.38. The molecule has 0 unspecified atom stereocenters. The number of rotatable bonds is 4. The van der Waals surface area contributed by atoms with Crippen LogP contribution in [0.15, 0.2) is 18.3 Å². The second-order valence-electron chi connectivity index (χ2n) is 3.71. The first-order chi connectivity index (χ1) is 8.20. The highest BCUT2D eigenvalue weighted by Gasteiger charge is 2.10. The third kappa shape index (κ3) is 2.85. The normalized spacial score (nSPS) is 12.6. The molecule has 0 amide bonds. The minimum Gasteiger partial charge on any atom is -0.378 e. The van der Waals surface area contributed by atoms with Gasteiger partial charge in [-0.05, 0) is 30.6 Å². The van der Waals surface area contributed by atoms with Gasteiger partial charge >= 0.3 is 0 Å². The second-order valence-corrected chi connectivity index (χ2v) is 4.50. The van der Waals surface area contributed by atoms with Crippen molar-refractivity contribution >= 4 is 11.5 Å². The van der Waals surface area contributed by atoms with E-state index in [1.807, 2.05) is 19.1 Å². The van der Waals surface area contributed by atoms with E-state index in [1.54, 1.807) is 13.3 Å². The third-order valence-corrected chi connectivity index (χ3v) is 3.11. The Morgan fingerprint density at radius 1 is 1.53 bits per heavy atom. The Kier molecular flexibility index (Phi) is 3.78. The number of nitrogens with two attached hydrogens (primary N) is 1. The van der Waals surface area contributed by atoms with Crippen LogP contribution >= 0.6 is 11.5 Å². The van der Waals surface area contributed by atoms with Gasteiger partial charge in [0.15, 0.2) is 5.82 Å². The molecular formula is C11H14N4OS. The Hall–Kier alpha value is -1.37. The molecule has 6 heteroatoms. The summed E-state index contributed by atoms with van der Waals surface area (Å²) in [5.74, 6) is 0.696. The lowest BCUT2D eigenvalue weighted by atomic mass is 10.2. The SMILES string of the molecule is COCc1cc(-c2nsc([C@@H](C)N)n2)ccn1. The first-order valence-electron chi connectivity index (χ1n) is 5.24. The van der Waals surface area contributed by atoms with Crippen molar-refractivity contribution in [1.82, 2.24) is 14.3 Å². The Balaban J connectivity index is 2.28. The number of nitrogens with zero attached hydrogens (tertiary/aromatic N) is 3. The quantitative estimate of drug-likeness (QED) is 0.895. The van der Waals surface area contributed by atoms with Gasteiger partial charge in [-0.3, -0.25) is 4.98 Å². The van der Waals surface area contributed by atoms with Crippen LogP contribution in [0.25, 0.3) is 11.4 Å². The summed E-state index contributed by atoms with van der Waals surface area (Å²) in [6.07, 6.45) is 1.73. The van der Waals surface area contributed by atoms with Crippen LogP contribution < -0.4 is 5.73 Å². The average Bonchev–Trinajstić information content (AvgIpc) is 2.79. The van der Waals surface area contributed by atoms with Crippen LogP contribution in [-0.4, -0.2) is 21.5 Å². The summed E-state index contributed by atoms with van der Waals surface area (Å²) >= 11 is 1.33. The zero-order chi connectivity index (χ0) is 12.3. The molecule has 0 aliphatic carbocycles. The van der Waals surface area contributed by atoms with Crippen LogP contribution in [0.3, 0.4) is 0 Å². The molecule has 2 N–H and O–H groups in total. The summed E-state index contributed by atoms with van der Waals surface area (Å²) in [5.41, 5.74) is 7.56. The summed E-state index contributed by atoms with van der Waals surface area (Å²) in [6, 6.07) is 3.73. The fourth-order valence-electron chi connectivity index (χ4n) is 1.38. The molecule has 2 aromatic rings. The molecule has 0 aliphatic rings. The van der Waals surface area contributed by atoms with E-state index in [-0.39, 0.29) is 6.04 Å². The zero-order valence-electron chi connectivity index (χ0n) is 9.75. The van der Waals surface area contributed by atoms with Crippen LogP contribution in [0.5, 0.6) is 0 Å². The van der Waals surface area contributed by atoms with Gasteiger partial charge in [-0.25, -0.2) is 4.98 Å². The fourth-order valence-corrected chi connectivity index (χ4v) is 2.00. The van der Waals surface area contributed by atoms with E-state index in [4.69, 9.17) is 10.5 Å². The van der Waals surface area contributed by atoms with Crippen LogP contribution in [-0.2, 0) is 11.3 Å². The first-order valence-corrected chi connectivity index (χ1v) is 6.01. The Labute approximate surface area is 104 Å². The van der Waals surface area contributed by atoms with Gasteiger partial charge in [0.2, 0.25) is 0 Å². The van der Waals surface area contributed by atoms with E-state index < -0.39 is 0 Å². The molecule has 0 aromatic carbocycles. The molecule has 5 nitrogen and oxygen atoms in total. The van der Waals surface area contributed by atoms with Crippen LogP contribution in [0.1, 0.15) is 23.7 Å². The van der Waals surface area contributed by atoms with E-state index in [0.717, 1.165) is 16.3 Å². The maximum absolute atomic E-state index is 5.76. The molecule has 0 bridgehead atoms. The van der Waals surface area contributed by atoms with Gasteiger partial charge < -0.3 is 10.5 Å². The molecular weight excluding hydrogens is 236 g/mol. The highest BCUT2D eigenvalue weighted by Crippen LogP contribution is 2.21. The van der Waals surface area contributed by atoms with Gasteiger partial charge in [0.05, 0.1) is 18.3 Å². The van der Waals surface area contributed by atoms with E-state index >= 15 is 0 Å². The summed E-state index contributed by atoms with van der Waals surface area (Å²) < 4.78 is 9.33. The van der Waals surface area contributed by atoms with Crippen LogP contribution in [0.2, 0.25) is 0 Å². The molecule has 2 aromatic heterocycles. The van der Waals surface area contributed by atoms with Gasteiger partial charge in [0.25, 0.3) is 0 Å². The molecule has 1 atom stereocenters. The summed E-state index contributed by atoms with van der Waals surface area (Å²) in [7, 11) is 1.64. The molecule has 0 aliphatic heterocycles. The van der Waals surface area contributed by atoms with Crippen molar-refractivity contribution in [2.75, 3.05) is 7.11 Å². The second kappa shape index (κ2) is 5.31. The van der Waals surface area contributed by atoms with E-state index in [2.05, 4.69) is 14.3 Å².